The summed E-state index contributed by atoms with van der Waals surface area (Å²) in [5.41, 5.74) is 4.56. The van der Waals surface area contributed by atoms with E-state index in [4.69, 9.17) is 19.1 Å². The van der Waals surface area contributed by atoms with E-state index in [0.29, 0.717) is 38.2 Å². The molecule has 4 rings (SSSR count). The van der Waals surface area contributed by atoms with E-state index in [1.165, 1.54) is 0 Å². The second-order valence-corrected chi connectivity index (χ2v) is 8.98. The molecule has 38 heavy (non-hydrogen) atoms. The molecule has 3 aromatic rings. The topological polar surface area (TPSA) is 136 Å². The fourth-order valence-electron chi connectivity index (χ4n) is 4.08. The number of hydrogen-bond donors (Lipinski definition) is 3. The van der Waals surface area contributed by atoms with Crippen LogP contribution < -0.4 is 21.5 Å². The Morgan fingerprint density at radius 1 is 1.13 bits per heavy atom. The SMILES string of the molecule is Cc1cc(OCC(=O)NCCCO)ccc1-c1cccc(COC2=CC=C(Cn3oc(=O)[nH]c3=O)CC2)c1. The van der Waals surface area contributed by atoms with Gasteiger partial charge in [0, 0.05) is 19.6 Å². The molecule has 0 unspecified atom stereocenters. The number of benzene rings is 2. The summed E-state index contributed by atoms with van der Waals surface area (Å²) in [6.07, 6.45) is 5.67. The van der Waals surface area contributed by atoms with Crippen molar-refractivity contribution in [1.29, 1.82) is 0 Å². The van der Waals surface area contributed by atoms with Crippen LogP contribution >= 0.6 is 0 Å². The highest BCUT2D eigenvalue weighted by Gasteiger charge is 2.12. The first-order valence-corrected chi connectivity index (χ1v) is 12.4. The molecular weight excluding hydrogens is 490 g/mol. The molecule has 10 nitrogen and oxygen atoms in total. The van der Waals surface area contributed by atoms with Gasteiger partial charge in [-0.3, -0.25) is 4.79 Å². The van der Waals surface area contributed by atoms with E-state index in [2.05, 4.69) is 16.4 Å². The van der Waals surface area contributed by atoms with Crippen molar-refractivity contribution < 1.29 is 23.9 Å². The number of carbonyl (C=O) groups excluding carboxylic acids is 1. The largest absolute Gasteiger partial charge is 0.493 e. The number of aliphatic hydroxyl groups excluding tert-OH is 1. The highest BCUT2D eigenvalue weighted by Crippen LogP contribution is 2.28. The van der Waals surface area contributed by atoms with Gasteiger partial charge in [-0.05, 0) is 71.9 Å². The van der Waals surface area contributed by atoms with Crippen LogP contribution in [0.4, 0.5) is 0 Å². The fourth-order valence-corrected chi connectivity index (χ4v) is 4.08. The van der Waals surface area contributed by atoms with Gasteiger partial charge in [0.05, 0.1) is 12.3 Å². The van der Waals surface area contributed by atoms with Gasteiger partial charge in [0.1, 0.15) is 12.4 Å². The summed E-state index contributed by atoms with van der Waals surface area (Å²) in [6, 6.07) is 13.8. The predicted molar refractivity (Wildman–Crippen MR) is 141 cm³/mol. The van der Waals surface area contributed by atoms with Crippen LogP contribution in [-0.2, 0) is 22.7 Å². The lowest BCUT2D eigenvalue weighted by atomic mass is 9.99. The van der Waals surface area contributed by atoms with Gasteiger partial charge in [-0.2, -0.15) is 0 Å². The van der Waals surface area contributed by atoms with Crippen LogP contribution in [0, 0.1) is 6.92 Å². The Hall–Kier alpha value is -4.31. The van der Waals surface area contributed by atoms with Gasteiger partial charge >= 0.3 is 11.4 Å². The molecule has 1 aromatic heterocycles. The molecule has 0 spiro atoms. The number of aryl methyl sites for hydroxylation is 1. The lowest BCUT2D eigenvalue weighted by Gasteiger charge is -2.16. The molecule has 1 amide bonds. The van der Waals surface area contributed by atoms with Crippen LogP contribution in [0.1, 0.15) is 30.4 Å². The van der Waals surface area contributed by atoms with Crippen molar-refractivity contribution in [2.24, 2.45) is 0 Å². The van der Waals surface area contributed by atoms with Crippen molar-refractivity contribution in [3.8, 4) is 16.9 Å². The van der Waals surface area contributed by atoms with Gasteiger partial charge in [-0.1, -0.05) is 30.3 Å². The molecule has 1 aliphatic rings. The number of nitrogens with one attached hydrogen (secondary N) is 2. The summed E-state index contributed by atoms with van der Waals surface area (Å²) in [4.78, 5) is 36.6. The Kier molecular flexibility index (Phi) is 8.99. The monoisotopic (exact) mass is 521 g/mol. The minimum absolute atomic E-state index is 0.0352. The summed E-state index contributed by atoms with van der Waals surface area (Å²) in [5.74, 6) is 0.475. The van der Waals surface area contributed by atoms with Gasteiger partial charge < -0.3 is 24.4 Å². The summed E-state index contributed by atoms with van der Waals surface area (Å²) in [5, 5.41) is 11.5. The van der Waals surface area contributed by atoms with Crippen molar-refractivity contribution in [2.75, 3.05) is 19.8 Å². The number of H-pyrrole nitrogens is 1. The normalized spacial score (nSPS) is 13.0. The predicted octanol–water partition coefficient (Wildman–Crippen LogP) is 2.80. The van der Waals surface area contributed by atoms with Crippen LogP contribution in [0.15, 0.2) is 80.1 Å². The molecule has 0 fully saturated rings. The molecule has 0 aliphatic heterocycles. The first kappa shape index (κ1) is 26.7. The lowest BCUT2D eigenvalue weighted by molar-refractivity contribution is -0.123. The minimum Gasteiger partial charge on any atom is -0.493 e. The fraction of sp³-hybridized carbons (Fsp3) is 0.321. The van der Waals surface area contributed by atoms with Gasteiger partial charge in [0.2, 0.25) is 0 Å². The van der Waals surface area contributed by atoms with E-state index in [1.54, 1.807) is 0 Å². The highest BCUT2D eigenvalue weighted by molar-refractivity contribution is 5.77. The summed E-state index contributed by atoms with van der Waals surface area (Å²) >= 11 is 0. The number of carbonyl (C=O) groups is 1. The van der Waals surface area contributed by atoms with Crippen LogP contribution in [-0.4, -0.2) is 40.5 Å². The van der Waals surface area contributed by atoms with Crippen molar-refractivity contribution in [3.63, 3.8) is 0 Å². The third kappa shape index (κ3) is 7.36. The number of nitrogens with zero attached hydrogens (tertiary/aromatic N) is 1. The molecule has 1 heterocycles. The molecule has 1 aliphatic carbocycles. The molecule has 0 saturated carbocycles. The molecule has 0 saturated heterocycles. The van der Waals surface area contributed by atoms with Crippen LogP contribution in [0.3, 0.4) is 0 Å². The Balaban J connectivity index is 1.32. The molecule has 2 aromatic carbocycles. The molecule has 0 radical (unpaired) electrons. The standard InChI is InChI=1S/C28H31N3O7/c1-19-14-24(37-18-26(33)29-12-3-13-32)10-11-25(19)22-5-2-4-21(15-22)17-36-23-8-6-20(7-9-23)16-31-27(34)30-28(35)38-31/h2,4-6,8,10-11,14-15,32H,3,7,9,12-13,16-18H2,1H3,(H,29,33)(H,30,34,35). The van der Waals surface area contributed by atoms with E-state index in [9.17, 15) is 14.4 Å². The van der Waals surface area contributed by atoms with Crippen molar-refractivity contribution in [1.82, 2.24) is 15.0 Å². The van der Waals surface area contributed by atoms with E-state index in [1.807, 2.05) is 55.5 Å². The van der Waals surface area contributed by atoms with E-state index in [-0.39, 0.29) is 25.7 Å². The third-order valence-electron chi connectivity index (χ3n) is 6.06. The van der Waals surface area contributed by atoms with Crippen molar-refractivity contribution in [3.05, 3.63) is 98.1 Å². The summed E-state index contributed by atoms with van der Waals surface area (Å²) in [6.45, 7) is 3.02. The van der Waals surface area contributed by atoms with E-state index < -0.39 is 11.4 Å². The zero-order chi connectivity index (χ0) is 26.9. The average molecular weight is 522 g/mol. The Labute approximate surface area is 219 Å². The van der Waals surface area contributed by atoms with Gasteiger partial charge in [0.25, 0.3) is 5.91 Å². The van der Waals surface area contributed by atoms with Crippen LogP contribution in [0.2, 0.25) is 0 Å². The highest BCUT2D eigenvalue weighted by atomic mass is 16.5. The number of aromatic amines is 1. The second kappa shape index (κ2) is 12.8. The van der Waals surface area contributed by atoms with Crippen LogP contribution in [0.25, 0.3) is 11.1 Å². The molecule has 0 bridgehead atoms. The molecule has 200 valence electrons. The Morgan fingerprint density at radius 3 is 2.71 bits per heavy atom. The number of hydrogen-bond acceptors (Lipinski definition) is 7. The number of ether oxygens (including phenoxy) is 2. The zero-order valence-electron chi connectivity index (χ0n) is 21.2. The average Bonchev–Trinajstić information content (AvgIpc) is 3.23. The maximum atomic E-state index is 11.8. The maximum absolute atomic E-state index is 11.8. The molecule has 0 atom stereocenters. The Bertz CT molecular complexity index is 1440. The minimum atomic E-state index is -0.761. The van der Waals surface area contributed by atoms with Crippen molar-refractivity contribution >= 4 is 5.91 Å². The Morgan fingerprint density at radius 2 is 2.00 bits per heavy atom. The zero-order valence-corrected chi connectivity index (χ0v) is 21.2. The summed E-state index contributed by atoms with van der Waals surface area (Å²) in [7, 11) is 0. The quantitative estimate of drug-likeness (QED) is 0.312. The summed E-state index contributed by atoms with van der Waals surface area (Å²) < 4.78 is 17.5. The van der Waals surface area contributed by atoms with Gasteiger partial charge in [-0.25, -0.2) is 14.6 Å². The number of allylic oxidation sites excluding steroid dienone is 4. The number of amides is 1. The number of aliphatic hydroxyl groups is 1. The third-order valence-corrected chi connectivity index (χ3v) is 6.06. The van der Waals surface area contributed by atoms with Gasteiger partial charge in [0.15, 0.2) is 6.61 Å². The first-order chi connectivity index (χ1) is 18.4. The first-order valence-electron chi connectivity index (χ1n) is 12.4. The lowest BCUT2D eigenvalue weighted by Crippen LogP contribution is -2.30. The van der Waals surface area contributed by atoms with Gasteiger partial charge in [-0.15, -0.1) is 4.74 Å². The van der Waals surface area contributed by atoms with Crippen molar-refractivity contribution in [2.45, 2.75) is 39.3 Å². The molecular formula is C28H31N3O7. The molecule has 3 N–H and O–H groups in total. The number of rotatable bonds is 12. The number of aromatic nitrogens is 2. The smallest absolute Gasteiger partial charge is 0.440 e. The maximum Gasteiger partial charge on any atom is 0.440 e. The van der Waals surface area contributed by atoms with E-state index in [0.717, 1.165) is 38.3 Å². The second-order valence-electron chi connectivity index (χ2n) is 8.98. The van der Waals surface area contributed by atoms with E-state index >= 15 is 0 Å². The molecule has 10 heteroatoms. The van der Waals surface area contributed by atoms with Crippen LogP contribution in [0.5, 0.6) is 5.75 Å².